The molecule has 0 saturated heterocycles. The highest BCUT2D eigenvalue weighted by Crippen LogP contribution is 2.52. The van der Waals surface area contributed by atoms with Gasteiger partial charge in [-0.1, -0.05) is 36.9 Å². The zero-order valence-electron chi connectivity index (χ0n) is 20.4. The van der Waals surface area contributed by atoms with E-state index in [0.29, 0.717) is 53.1 Å². The highest BCUT2D eigenvalue weighted by molar-refractivity contribution is 7.88. The molecule has 2 N–H and O–H groups in total. The van der Waals surface area contributed by atoms with Crippen LogP contribution in [0.1, 0.15) is 29.7 Å². The quantitative estimate of drug-likeness (QED) is 0.314. The lowest BCUT2D eigenvalue weighted by Crippen LogP contribution is -2.18. The van der Waals surface area contributed by atoms with Gasteiger partial charge in [0.15, 0.2) is 11.5 Å². The number of nitrogens with two attached hydrogens (primary N) is 1. The third kappa shape index (κ3) is 5.58. The monoisotopic (exact) mass is 511 g/mol. The summed E-state index contributed by atoms with van der Waals surface area (Å²) in [5.41, 5.74) is 3.73. The maximum Gasteiger partial charge on any atom is 0.213 e. The summed E-state index contributed by atoms with van der Waals surface area (Å²) in [5.74, 6) is 2.65. The van der Waals surface area contributed by atoms with E-state index in [2.05, 4.69) is 6.58 Å². The van der Waals surface area contributed by atoms with Crippen molar-refractivity contribution in [1.82, 2.24) is 0 Å². The fourth-order valence-electron chi connectivity index (χ4n) is 4.20. The molecular weight excluding hydrogens is 482 g/mol. The van der Waals surface area contributed by atoms with Crippen LogP contribution in [0, 0.1) is 0 Å². The van der Waals surface area contributed by atoms with E-state index < -0.39 is 16.1 Å². The van der Waals surface area contributed by atoms with Crippen LogP contribution in [0.5, 0.6) is 23.0 Å². The average Bonchev–Trinajstić information content (AvgIpc) is 2.84. The van der Waals surface area contributed by atoms with Gasteiger partial charge in [-0.25, -0.2) is 13.6 Å². The number of allylic oxidation sites excluding steroid dienone is 1. The first kappa shape index (κ1) is 25.4. The molecule has 1 aliphatic heterocycles. The molecular formula is C27H29NO7S. The average molecular weight is 512 g/mol. The largest absolute Gasteiger partial charge is 0.497 e. The Balaban J connectivity index is 1.82. The van der Waals surface area contributed by atoms with Gasteiger partial charge in [0.05, 0.1) is 31.3 Å². The van der Waals surface area contributed by atoms with E-state index in [1.807, 2.05) is 36.4 Å². The van der Waals surface area contributed by atoms with E-state index >= 15 is 0 Å². The summed E-state index contributed by atoms with van der Waals surface area (Å²) in [6.45, 7) is 6.14. The molecule has 8 nitrogen and oxygen atoms in total. The zero-order valence-corrected chi connectivity index (χ0v) is 21.3. The number of benzene rings is 3. The van der Waals surface area contributed by atoms with E-state index in [4.69, 9.17) is 28.8 Å². The first-order valence-corrected chi connectivity index (χ1v) is 13.0. The topological polar surface area (TPSA) is 106 Å². The molecule has 3 aromatic rings. The molecule has 190 valence electrons. The minimum atomic E-state index is -3.72. The highest BCUT2D eigenvalue weighted by Gasteiger charge is 2.32. The van der Waals surface area contributed by atoms with Gasteiger partial charge in [-0.3, -0.25) is 0 Å². The lowest BCUT2D eigenvalue weighted by Gasteiger charge is -2.31. The van der Waals surface area contributed by atoms with Crippen LogP contribution in [0.15, 0.2) is 66.9 Å². The summed E-state index contributed by atoms with van der Waals surface area (Å²) in [6.07, 6.45) is -0.511. The Labute approximate surface area is 211 Å². The van der Waals surface area contributed by atoms with E-state index in [1.165, 1.54) is 0 Å². The second kappa shape index (κ2) is 10.5. The highest BCUT2D eigenvalue weighted by atomic mass is 32.2. The summed E-state index contributed by atoms with van der Waals surface area (Å²) in [7, 11) is -0.554. The van der Waals surface area contributed by atoms with Crippen LogP contribution in [-0.2, 0) is 20.5 Å². The fraction of sp³-hybridized carbons (Fsp3) is 0.259. The van der Waals surface area contributed by atoms with Crippen molar-refractivity contribution in [2.45, 2.75) is 18.8 Å². The molecule has 9 heteroatoms. The summed E-state index contributed by atoms with van der Waals surface area (Å²) in [5, 5.41) is 5.32. The predicted molar refractivity (Wildman–Crippen MR) is 137 cm³/mol. The van der Waals surface area contributed by atoms with Gasteiger partial charge >= 0.3 is 0 Å². The second-order valence-corrected chi connectivity index (χ2v) is 9.99. The Hall–Kier alpha value is -3.69. The van der Waals surface area contributed by atoms with Crippen molar-refractivity contribution in [3.05, 3.63) is 83.6 Å². The third-order valence-corrected chi connectivity index (χ3v) is 6.39. The summed E-state index contributed by atoms with van der Waals surface area (Å²) in [6, 6.07) is 16.6. The van der Waals surface area contributed by atoms with E-state index in [1.54, 1.807) is 39.3 Å². The number of hydrogen-bond donors (Lipinski definition) is 1. The van der Waals surface area contributed by atoms with Crippen molar-refractivity contribution >= 4 is 10.0 Å². The zero-order chi connectivity index (χ0) is 25.9. The molecule has 1 heterocycles. The molecule has 1 aliphatic rings. The van der Waals surface area contributed by atoms with Crippen LogP contribution in [0.3, 0.4) is 0 Å². The van der Waals surface area contributed by atoms with E-state index in [9.17, 15) is 8.42 Å². The number of sulfonamides is 1. The summed E-state index contributed by atoms with van der Waals surface area (Å²) in [4.78, 5) is 0. The minimum absolute atomic E-state index is 0.291. The van der Waals surface area contributed by atoms with Gasteiger partial charge in [-0.05, 0) is 42.3 Å². The summed E-state index contributed by atoms with van der Waals surface area (Å²) >= 11 is 0. The molecule has 0 aliphatic carbocycles. The molecule has 0 amide bonds. The van der Waals surface area contributed by atoms with Gasteiger partial charge in [0.1, 0.15) is 30.8 Å². The molecule has 36 heavy (non-hydrogen) atoms. The van der Waals surface area contributed by atoms with E-state index in [0.717, 1.165) is 16.7 Å². The van der Waals surface area contributed by atoms with Crippen LogP contribution in [0.4, 0.5) is 0 Å². The van der Waals surface area contributed by atoms with Crippen molar-refractivity contribution < 1.29 is 32.1 Å². The van der Waals surface area contributed by atoms with Gasteiger partial charge in [-0.2, -0.15) is 0 Å². The molecule has 3 aromatic carbocycles. The van der Waals surface area contributed by atoms with Gasteiger partial charge in [0, 0.05) is 11.1 Å². The summed E-state index contributed by atoms with van der Waals surface area (Å²) < 4.78 is 52.5. The second-order valence-electron chi connectivity index (χ2n) is 8.37. The molecule has 0 bridgehead atoms. The lowest BCUT2D eigenvalue weighted by atomic mass is 9.88. The normalized spacial score (nSPS) is 14.2. The van der Waals surface area contributed by atoms with E-state index in [-0.39, 0.29) is 5.75 Å². The Kier molecular flexibility index (Phi) is 7.42. The molecule has 4 rings (SSSR count). The third-order valence-electron chi connectivity index (χ3n) is 5.65. The molecule has 0 fully saturated rings. The van der Waals surface area contributed by atoms with Crippen LogP contribution in [0.25, 0.3) is 11.1 Å². The van der Waals surface area contributed by atoms with Crippen LogP contribution >= 0.6 is 0 Å². The van der Waals surface area contributed by atoms with Gasteiger partial charge < -0.3 is 23.7 Å². The number of methoxy groups -OCH3 is 2. The van der Waals surface area contributed by atoms with Gasteiger partial charge in [0.2, 0.25) is 10.0 Å². The fourth-order valence-corrected chi connectivity index (χ4v) is 4.85. The Morgan fingerprint density at radius 3 is 2.56 bits per heavy atom. The standard InChI is InChI=1S/C27H29NO7S/c1-17(2)33-12-13-34-24-11-10-23-25(27(24)32-4)21-9-8-18(16-36(28,29)30)14-22(21)26(35-23)19-6-5-7-20(15-19)31-3/h5-11,14-15,26H,1,12-13,16H2,2-4H3,(H2,28,29,30). The first-order valence-electron chi connectivity index (χ1n) is 11.3. The minimum Gasteiger partial charge on any atom is -0.497 e. The molecule has 0 radical (unpaired) electrons. The van der Waals surface area contributed by atoms with Crippen LogP contribution < -0.4 is 24.1 Å². The number of hydrogen-bond acceptors (Lipinski definition) is 7. The van der Waals surface area contributed by atoms with Crippen molar-refractivity contribution in [3.63, 3.8) is 0 Å². The Morgan fingerprint density at radius 1 is 1.06 bits per heavy atom. The number of ether oxygens (including phenoxy) is 5. The van der Waals surface area contributed by atoms with Crippen molar-refractivity contribution in [2.75, 3.05) is 27.4 Å². The molecule has 1 unspecified atom stereocenters. The number of rotatable bonds is 10. The van der Waals surface area contributed by atoms with Crippen LogP contribution in [0.2, 0.25) is 0 Å². The molecule has 0 spiro atoms. The molecule has 0 aromatic heterocycles. The van der Waals surface area contributed by atoms with Crippen molar-refractivity contribution in [3.8, 4) is 34.1 Å². The first-order chi connectivity index (χ1) is 17.2. The van der Waals surface area contributed by atoms with Gasteiger partial charge in [-0.15, -0.1) is 0 Å². The lowest BCUT2D eigenvalue weighted by molar-refractivity contribution is 0.155. The molecule has 1 atom stereocenters. The smallest absolute Gasteiger partial charge is 0.213 e. The SMILES string of the molecule is C=C(C)OCCOc1ccc2c(c1OC)-c1ccc(CS(N)(=O)=O)cc1C(c1cccc(OC)c1)O2. The van der Waals surface area contributed by atoms with Crippen LogP contribution in [-0.4, -0.2) is 35.9 Å². The number of primary sulfonamides is 1. The number of fused-ring (bicyclic) bond motifs is 3. The maximum atomic E-state index is 11.8. The molecule has 0 saturated carbocycles. The predicted octanol–water partition coefficient (Wildman–Crippen LogP) is 4.57. The van der Waals surface area contributed by atoms with Gasteiger partial charge in [0.25, 0.3) is 0 Å². The van der Waals surface area contributed by atoms with Crippen molar-refractivity contribution in [2.24, 2.45) is 5.14 Å². The Morgan fingerprint density at radius 2 is 1.86 bits per heavy atom. The maximum absolute atomic E-state index is 11.8. The Bertz CT molecular complexity index is 1380. The van der Waals surface area contributed by atoms with Crippen molar-refractivity contribution in [1.29, 1.82) is 0 Å².